The smallest absolute Gasteiger partial charge is 0.253 e. The molecule has 5 rings (SSSR count). The molecule has 7 nitrogen and oxygen atoms in total. The summed E-state index contributed by atoms with van der Waals surface area (Å²) in [6.45, 7) is 0.780. The lowest BCUT2D eigenvalue weighted by Crippen LogP contribution is -2.71. The number of likely N-dealkylation sites (N-methyl/N-ethyl adjacent to an activating group) is 1. The predicted octanol–water partition coefficient (Wildman–Crippen LogP) is 1.09. The monoisotopic (exact) mass is 519 g/mol. The van der Waals surface area contributed by atoms with E-state index < -0.39 is 23.3 Å². The summed E-state index contributed by atoms with van der Waals surface area (Å²) in [5.41, 5.74) is 1.87. The molecule has 0 bridgehead atoms. The molecule has 0 saturated carbocycles. The Morgan fingerprint density at radius 3 is 2.50 bits per heavy atom. The van der Waals surface area contributed by atoms with Gasteiger partial charge in [0.2, 0.25) is 27.0 Å². The number of carboxylic acid groups (broad SMARTS) is 1. The van der Waals surface area contributed by atoms with Gasteiger partial charge >= 0.3 is 0 Å². The molecule has 1 N–H and O–H groups in total. The van der Waals surface area contributed by atoms with Crippen molar-refractivity contribution in [2.45, 2.75) is 23.9 Å². The van der Waals surface area contributed by atoms with E-state index in [1.54, 1.807) is 0 Å². The lowest BCUT2D eigenvalue weighted by atomic mass is 10.00. The first-order valence-corrected chi connectivity index (χ1v) is 13.5. The van der Waals surface area contributed by atoms with E-state index >= 15 is 0 Å². The summed E-state index contributed by atoms with van der Waals surface area (Å²) in [6.07, 6.45) is 4.24. The van der Waals surface area contributed by atoms with Gasteiger partial charge in [0.1, 0.15) is 23.2 Å². The minimum atomic E-state index is -1.38. The van der Waals surface area contributed by atoms with Gasteiger partial charge in [0, 0.05) is 6.54 Å². The number of nitrogens with one attached hydrogen (secondary N) is 1. The van der Waals surface area contributed by atoms with Gasteiger partial charge in [0.25, 0.3) is 5.91 Å². The van der Waals surface area contributed by atoms with Crippen molar-refractivity contribution >= 4 is 45.8 Å². The van der Waals surface area contributed by atoms with Crippen molar-refractivity contribution < 1.29 is 19.5 Å². The molecule has 2 amide bonds. The van der Waals surface area contributed by atoms with Gasteiger partial charge in [-0.25, -0.2) is 0 Å². The molecule has 3 heterocycles. The van der Waals surface area contributed by atoms with Crippen LogP contribution in [0.2, 0.25) is 0 Å². The van der Waals surface area contributed by atoms with Crippen LogP contribution in [0.5, 0.6) is 0 Å². The third kappa shape index (κ3) is 4.74. The highest BCUT2D eigenvalue weighted by Crippen LogP contribution is 2.40. The zero-order valence-corrected chi connectivity index (χ0v) is 21.3. The number of hydrogen-bond donors (Lipinski definition) is 1. The number of nitrogens with zero attached hydrogens (tertiary/aromatic N) is 2. The molecular formula is C27H25N3O4S2. The fourth-order valence-corrected chi connectivity index (χ4v) is 7.49. The number of β-lactam (4-membered cyclic amide) rings is 1. The lowest BCUT2D eigenvalue weighted by molar-refractivity contribution is -0.301. The summed E-state index contributed by atoms with van der Waals surface area (Å²) in [7, 11) is 2.03. The van der Waals surface area contributed by atoms with Gasteiger partial charge in [-0.3, -0.25) is 19.4 Å². The van der Waals surface area contributed by atoms with Crippen LogP contribution >= 0.6 is 11.8 Å². The molecule has 1 unspecified atom stereocenters. The van der Waals surface area contributed by atoms with Crippen LogP contribution in [0.4, 0.5) is 0 Å². The minimum absolute atomic E-state index is 0.0171. The second kappa shape index (κ2) is 10.4. The summed E-state index contributed by atoms with van der Waals surface area (Å²) < 4.78 is 0. The standard InChI is InChI=1S/C27H25N3O4S2/c1-29-14-8-13-19(23(29)18-11-6-3-7-12-18)36-20-16-35-26-22(25(32)30(26)24(20)27(33)34)28-21(31)15-17-9-4-2-5-10-17/h2-13,22-23,26H,14-16H2,1H3,(H-,28,31,33,34)/t22-,23?,26+/m1/s1. The van der Waals surface area contributed by atoms with Crippen molar-refractivity contribution in [1.82, 2.24) is 15.1 Å². The summed E-state index contributed by atoms with van der Waals surface area (Å²) in [6, 6.07) is 18.6. The van der Waals surface area contributed by atoms with E-state index in [-0.39, 0.29) is 24.1 Å². The van der Waals surface area contributed by atoms with Crippen LogP contribution in [0, 0.1) is 0 Å². The van der Waals surface area contributed by atoms with Crippen molar-refractivity contribution in [3.05, 3.63) is 94.5 Å². The van der Waals surface area contributed by atoms with Gasteiger partial charge in [0.05, 0.1) is 18.1 Å². The van der Waals surface area contributed by atoms with Gasteiger partial charge in [-0.05, 0) is 24.3 Å². The molecule has 9 heteroatoms. The Kier molecular flexibility index (Phi) is 7.04. The fourth-order valence-electron chi connectivity index (χ4n) is 4.70. The third-order valence-electron chi connectivity index (χ3n) is 6.39. The van der Waals surface area contributed by atoms with Gasteiger partial charge in [0.15, 0.2) is 0 Å². The number of amides is 2. The number of aliphatic carboxylic acids is 1. The summed E-state index contributed by atoms with van der Waals surface area (Å²) in [5, 5.41) is 14.5. The number of rotatable bonds is 6. The van der Waals surface area contributed by atoms with E-state index in [2.05, 4.69) is 22.3 Å². The van der Waals surface area contributed by atoms with Crippen LogP contribution in [0.25, 0.3) is 0 Å². The van der Waals surface area contributed by atoms with Crippen LogP contribution in [-0.4, -0.2) is 63.2 Å². The first kappa shape index (κ1) is 24.4. The predicted molar refractivity (Wildman–Crippen MR) is 141 cm³/mol. The summed E-state index contributed by atoms with van der Waals surface area (Å²) in [5.74, 6) is -1.66. The number of carboxylic acids is 1. The first-order chi connectivity index (χ1) is 17.4. The Labute approximate surface area is 217 Å². The quantitative estimate of drug-likeness (QED) is 0.349. The normalized spacial score (nSPS) is 24.9. The second-order valence-corrected chi connectivity index (χ2v) is 11.1. The van der Waals surface area contributed by atoms with E-state index in [1.807, 2.05) is 67.7 Å². The molecule has 2 aromatic carbocycles. The molecule has 3 aliphatic heterocycles. The van der Waals surface area contributed by atoms with Crippen molar-refractivity contribution in [2.75, 3.05) is 19.3 Å². The third-order valence-corrected chi connectivity index (χ3v) is 9.03. The van der Waals surface area contributed by atoms with Crippen molar-refractivity contribution in [3.63, 3.8) is 0 Å². The number of fused-ring (bicyclic) bond motifs is 1. The van der Waals surface area contributed by atoms with Gasteiger partial charge in [-0.15, -0.1) is 11.8 Å². The van der Waals surface area contributed by atoms with E-state index in [4.69, 9.17) is 0 Å². The molecule has 184 valence electrons. The summed E-state index contributed by atoms with van der Waals surface area (Å²) >= 11 is 2.85. The maximum atomic E-state index is 13.0. The molecule has 3 aliphatic rings. The Hall–Kier alpha value is -3.27. The number of carbonyl (C=O) groups excluding carboxylic acids is 3. The topological polar surface area (TPSA) is 92.8 Å². The molecule has 0 aliphatic carbocycles. The zero-order chi connectivity index (χ0) is 25.2. The largest absolute Gasteiger partial charge is 0.543 e. The Bertz CT molecular complexity index is 1280. The highest BCUT2D eigenvalue weighted by Gasteiger charge is 2.54. The highest BCUT2D eigenvalue weighted by molar-refractivity contribution is 8.01. The molecule has 3 atom stereocenters. The van der Waals surface area contributed by atoms with E-state index in [1.165, 1.54) is 28.0 Å². The number of thioether (sulfide) groups is 1. The van der Waals surface area contributed by atoms with Gasteiger partial charge in [-0.1, -0.05) is 66.7 Å². The first-order valence-electron chi connectivity index (χ1n) is 11.6. The van der Waals surface area contributed by atoms with Crippen molar-refractivity contribution in [3.8, 4) is 0 Å². The number of benzene rings is 2. The molecule has 0 spiro atoms. The van der Waals surface area contributed by atoms with Gasteiger partial charge in [-0.2, -0.15) is 0 Å². The SMILES string of the molecule is CN1CC=CC(=[S+]C2=C(C(=O)[O-])N3C(=O)[C@@H](NC(=O)Cc4ccccc4)[C@@H]3SC2)C1c1ccccc1. The molecule has 1 fully saturated rings. The highest BCUT2D eigenvalue weighted by atomic mass is 32.2. The Morgan fingerprint density at radius 2 is 1.81 bits per heavy atom. The molecule has 0 aromatic heterocycles. The van der Waals surface area contributed by atoms with Crippen molar-refractivity contribution in [2.24, 2.45) is 0 Å². The second-order valence-electron chi connectivity index (χ2n) is 8.84. The fraction of sp³-hybridized carbons (Fsp3) is 0.259. The minimum Gasteiger partial charge on any atom is -0.543 e. The molecule has 0 radical (unpaired) electrons. The molecule has 1 saturated heterocycles. The zero-order valence-electron chi connectivity index (χ0n) is 19.6. The Balaban J connectivity index is 1.39. The molecule has 36 heavy (non-hydrogen) atoms. The summed E-state index contributed by atoms with van der Waals surface area (Å²) in [4.78, 5) is 42.8. The number of carbonyl (C=O) groups is 3. The van der Waals surface area contributed by atoms with Gasteiger partial charge < -0.3 is 15.2 Å². The van der Waals surface area contributed by atoms with E-state index in [9.17, 15) is 19.5 Å². The number of hydrogen-bond acceptors (Lipinski definition) is 6. The van der Waals surface area contributed by atoms with E-state index in [0.29, 0.717) is 10.7 Å². The van der Waals surface area contributed by atoms with Crippen molar-refractivity contribution in [1.29, 1.82) is 0 Å². The van der Waals surface area contributed by atoms with Crippen LogP contribution in [0.1, 0.15) is 17.2 Å². The molecular weight excluding hydrogens is 494 g/mol. The molecule has 2 aromatic rings. The maximum Gasteiger partial charge on any atom is 0.253 e. The average Bonchev–Trinajstić information content (AvgIpc) is 2.88. The average molecular weight is 520 g/mol. The maximum absolute atomic E-state index is 13.0. The Morgan fingerprint density at radius 1 is 1.11 bits per heavy atom. The van der Waals surface area contributed by atoms with E-state index in [0.717, 1.165) is 22.5 Å². The van der Waals surface area contributed by atoms with Crippen LogP contribution in [0.15, 0.2) is 83.4 Å². The van der Waals surface area contributed by atoms with Crippen LogP contribution in [-0.2, 0) is 32.2 Å². The van der Waals surface area contributed by atoms with Crippen LogP contribution < -0.4 is 10.4 Å². The van der Waals surface area contributed by atoms with Crippen LogP contribution in [0.3, 0.4) is 0 Å². The lowest BCUT2D eigenvalue weighted by Gasteiger charge is -2.49.